The minimum Gasteiger partial charge on any atom is -0.544 e. The molecule has 0 aliphatic rings. The van der Waals surface area contributed by atoms with E-state index < -0.39 is 18.1 Å². The molecule has 0 spiro atoms. The zero-order valence-corrected chi connectivity index (χ0v) is 43.0. The first-order chi connectivity index (χ1) is 32.6. The second-order valence-electron chi connectivity index (χ2n) is 18.0. The zero-order chi connectivity index (χ0) is 49.2. The molecule has 8 heteroatoms. The van der Waals surface area contributed by atoms with E-state index in [1.54, 1.807) is 21.1 Å². The lowest BCUT2D eigenvalue weighted by Gasteiger charge is -2.34. The number of hydrogen-bond acceptors (Lipinski definition) is 7. The highest BCUT2D eigenvalue weighted by atomic mass is 16.6. The lowest BCUT2D eigenvalue weighted by Crippen LogP contribution is -2.55. The first-order valence-corrected chi connectivity index (χ1v) is 26.1. The Kier molecular flexibility index (Phi) is 45.1. The number of carbonyl (C=O) groups excluding carboxylic acids is 3. The summed E-state index contributed by atoms with van der Waals surface area (Å²) in [5.41, 5.74) is 0. The van der Waals surface area contributed by atoms with Gasteiger partial charge in [0.15, 0.2) is 6.10 Å². The molecule has 0 radical (unpaired) electrons. The molecular formula is C59H95NO7. The number of esters is 2. The van der Waals surface area contributed by atoms with Crippen molar-refractivity contribution in [2.24, 2.45) is 0 Å². The van der Waals surface area contributed by atoms with Crippen LogP contribution in [0.5, 0.6) is 0 Å². The highest BCUT2D eigenvalue weighted by Crippen LogP contribution is 2.13. The van der Waals surface area contributed by atoms with Gasteiger partial charge in [-0.2, -0.15) is 0 Å². The first-order valence-electron chi connectivity index (χ1n) is 26.1. The number of quaternary nitrogens is 1. The number of likely N-dealkylation sites (N-methyl/N-ethyl adjacent to an activating group) is 1. The van der Waals surface area contributed by atoms with Crippen molar-refractivity contribution < 1.29 is 38.2 Å². The molecule has 0 heterocycles. The summed E-state index contributed by atoms with van der Waals surface area (Å²) in [6.07, 6.45) is 68.0. The number of aliphatic carboxylic acids is 1. The van der Waals surface area contributed by atoms with E-state index in [0.717, 1.165) is 128 Å². The largest absolute Gasteiger partial charge is 0.544 e. The summed E-state index contributed by atoms with van der Waals surface area (Å²) >= 11 is 0. The number of unbranched alkanes of at least 4 members (excludes halogenated alkanes) is 11. The van der Waals surface area contributed by atoms with Gasteiger partial charge in [0.05, 0.1) is 40.3 Å². The fourth-order valence-electron chi connectivity index (χ4n) is 6.89. The van der Waals surface area contributed by atoms with Crippen LogP contribution in [0.1, 0.15) is 181 Å². The average Bonchev–Trinajstić information content (AvgIpc) is 3.29. The molecule has 0 saturated heterocycles. The van der Waals surface area contributed by atoms with Crippen LogP contribution in [0.2, 0.25) is 0 Å². The van der Waals surface area contributed by atoms with Gasteiger partial charge < -0.3 is 28.6 Å². The Balaban J connectivity index is 4.34. The van der Waals surface area contributed by atoms with E-state index >= 15 is 0 Å². The number of carboxylic acid groups (broad SMARTS) is 1. The predicted octanol–water partition coefficient (Wildman–Crippen LogP) is 14.0. The Labute approximate surface area is 410 Å². The molecule has 0 N–H and O–H groups in total. The van der Waals surface area contributed by atoms with Crippen LogP contribution in [-0.4, -0.2) is 75.5 Å². The Morgan fingerprint density at radius 3 is 1.16 bits per heavy atom. The fraction of sp³-hybridized carbons (Fsp3) is 0.610. The summed E-state index contributed by atoms with van der Waals surface area (Å²) in [7, 11) is 5.39. The smallest absolute Gasteiger partial charge is 0.306 e. The highest BCUT2D eigenvalue weighted by Gasteiger charge is 2.25. The fourth-order valence-corrected chi connectivity index (χ4v) is 6.89. The summed E-state index contributed by atoms with van der Waals surface area (Å²) in [6, 6.07) is -0.741. The molecule has 0 bridgehead atoms. The molecule has 0 aromatic heterocycles. The summed E-state index contributed by atoms with van der Waals surface area (Å²) in [5.74, 6) is -1.80. The lowest BCUT2D eigenvalue weighted by atomic mass is 10.1. The molecule has 0 rings (SSSR count). The second-order valence-corrected chi connectivity index (χ2v) is 18.0. The van der Waals surface area contributed by atoms with Crippen molar-refractivity contribution in [3.8, 4) is 0 Å². The van der Waals surface area contributed by atoms with E-state index in [4.69, 9.17) is 14.2 Å². The number of carboxylic acids is 1. The van der Waals surface area contributed by atoms with Crippen molar-refractivity contribution >= 4 is 17.9 Å². The van der Waals surface area contributed by atoms with Gasteiger partial charge in [-0.05, 0) is 103 Å². The van der Waals surface area contributed by atoms with Crippen molar-refractivity contribution in [1.29, 1.82) is 0 Å². The third-order valence-electron chi connectivity index (χ3n) is 10.8. The first kappa shape index (κ1) is 62.7. The van der Waals surface area contributed by atoms with Gasteiger partial charge in [-0.25, -0.2) is 0 Å². The molecule has 67 heavy (non-hydrogen) atoms. The van der Waals surface area contributed by atoms with Crippen LogP contribution in [0.3, 0.4) is 0 Å². The number of rotatable bonds is 45. The second kappa shape index (κ2) is 48.2. The molecule has 378 valence electrons. The number of ether oxygens (including phenoxy) is 3. The van der Waals surface area contributed by atoms with Gasteiger partial charge in [-0.1, -0.05) is 180 Å². The van der Waals surface area contributed by atoms with Gasteiger partial charge >= 0.3 is 11.9 Å². The molecule has 0 aliphatic carbocycles. The maximum atomic E-state index is 12.8. The topological polar surface area (TPSA) is 102 Å². The number of carbonyl (C=O) groups is 3. The van der Waals surface area contributed by atoms with Crippen molar-refractivity contribution in [2.45, 2.75) is 193 Å². The molecule has 2 unspecified atom stereocenters. The summed E-state index contributed by atoms with van der Waals surface area (Å²) < 4.78 is 17.2. The van der Waals surface area contributed by atoms with Gasteiger partial charge in [0.2, 0.25) is 0 Å². The van der Waals surface area contributed by atoms with Crippen LogP contribution in [0.4, 0.5) is 0 Å². The average molecular weight is 930 g/mol. The minimum atomic E-state index is -1.14. The Morgan fingerprint density at radius 2 is 0.791 bits per heavy atom. The van der Waals surface area contributed by atoms with Crippen LogP contribution < -0.4 is 5.11 Å². The van der Waals surface area contributed by atoms with E-state index in [-0.39, 0.29) is 49.1 Å². The van der Waals surface area contributed by atoms with Crippen LogP contribution in [0.15, 0.2) is 122 Å². The van der Waals surface area contributed by atoms with Crippen molar-refractivity contribution in [3.63, 3.8) is 0 Å². The van der Waals surface area contributed by atoms with E-state index in [1.165, 1.54) is 19.3 Å². The Morgan fingerprint density at radius 1 is 0.448 bits per heavy atom. The van der Waals surface area contributed by atoms with Crippen molar-refractivity contribution in [1.82, 2.24) is 0 Å². The molecule has 0 amide bonds. The third kappa shape index (κ3) is 46.6. The van der Waals surface area contributed by atoms with E-state index in [9.17, 15) is 19.5 Å². The van der Waals surface area contributed by atoms with E-state index in [1.807, 2.05) is 0 Å². The molecule has 2 atom stereocenters. The maximum Gasteiger partial charge on any atom is 0.306 e. The van der Waals surface area contributed by atoms with Crippen LogP contribution >= 0.6 is 0 Å². The number of allylic oxidation sites excluding steroid dienone is 20. The molecule has 0 aromatic carbocycles. The van der Waals surface area contributed by atoms with Gasteiger partial charge in [0.25, 0.3) is 0 Å². The van der Waals surface area contributed by atoms with Crippen LogP contribution in [-0.2, 0) is 28.6 Å². The van der Waals surface area contributed by atoms with Gasteiger partial charge in [0.1, 0.15) is 12.6 Å². The summed E-state index contributed by atoms with van der Waals surface area (Å²) in [6.45, 7) is 4.38. The number of nitrogens with zero attached hydrogens (tertiary/aromatic N) is 1. The van der Waals surface area contributed by atoms with Gasteiger partial charge in [0, 0.05) is 19.3 Å². The highest BCUT2D eigenvalue weighted by molar-refractivity contribution is 5.70. The summed E-state index contributed by atoms with van der Waals surface area (Å²) in [4.78, 5) is 37.1. The molecule has 8 nitrogen and oxygen atoms in total. The van der Waals surface area contributed by atoms with Crippen LogP contribution in [0, 0.1) is 0 Å². The summed E-state index contributed by atoms with van der Waals surface area (Å²) in [5, 5.41) is 11.7. The standard InChI is InChI=1S/C59H95NO7/c1-6-8-10-12-14-16-18-20-22-24-26-28-29-30-32-33-35-37-39-41-43-45-47-49-57(61)66-54-55(53-65-52-51-56(59(63)64)60(3,4)5)67-58(62)50-48-46-44-42-40-38-36-34-31-27-25-23-21-19-17-15-13-11-9-7-2/h8-11,14-17,20-23,26-28,30-32,36,38,55-56H,6-7,12-13,18-19,24-25,29,33-35,37,39-54H2,1-5H3/b10-8+,11-9+,16-14+,17-15+,22-20+,23-21+,28-26+,31-27+,32-30+,38-36+. The van der Waals surface area contributed by atoms with E-state index in [2.05, 4.69) is 135 Å². The van der Waals surface area contributed by atoms with Crippen molar-refractivity contribution in [2.75, 3.05) is 41.0 Å². The quantitative estimate of drug-likeness (QED) is 0.0259. The molecule has 0 aliphatic heterocycles. The zero-order valence-electron chi connectivity index (χ0n) is 43.0. The normalized spacial score (nSPS) is 13.9. The maximum absolute atomic E-state index is 12.8. The lowest BCUT2D eigenvalue weighted by molar-refractivity contribution is -0.889. The van der Waals surface area contributed by atoms with Crippen molar-refractivity contribution in [3.05, 3.63) is 122 Å². The minimum absolute atomic E-state index is 0.0181. The van der Waals surface area contributed by atoms with Gasteiger partial charge in [-0.15, -0.1) is 0 Å². The Hall–Kier alpha value is -4.27. The molecular weight excluding hydrogens is 835 g/mol. The Bertz CT molecular complexity index is 1500. The number of hydrogen-bond donors (Lipinski definition) is 0. The van der Waals surface area contributed by atoms with Gasteiger partial charge in [-0.3, -0.25) is 9.59 Å². The molecule has 0 fully saturated rings. The monoisotopic (exact) mass is 930 g/mol. The SMILES string of the molecule is CC/C=C/C/C=C/C/C=C/C/C=C/C/C=C/CCCCCCCCCC(=O)OCC(COCCC(C(=O)[O-])[N+](C)(C)C)OC(=O)CCCCCC/C=C/C/C=C/C/C=C/C/C=C/C/C=C/CC. The third-order valence-corrected chi connectivity index (χ3v) is 10.8. The molecule has 0 aromatic rings. The van der Waals surface area contributed by atoms with E-state index in [0.29, 0.717) is 6.42 Å². The molecule has 0 saturated carbocycles. The predicted molar refractivity (Wildman–Crippen MR) is 281 cm³/mol. The van der Waals surface area contributed by atoms with Crippen LogP contribution in [0.25, 0.3) is 0 Å².